The number of allylic oxidation sites excluding steroid dienone is 4. The second-order valence-electron chi connectivity index (χ2n) is 3.12. The molecule has 1 aliphatic carbocycles. The van der Waals surface area contributed by atoms with E-state index < -0.39 is 0 Å². The van der Waals surface area contributed by atoms with Crippen molar-refractivity contribution in [3.05, 3.63) is 48.6 Å². The average Bonchev–Trinajstić information content (AvgIpc) is 2.28. The van der Waals surface area contributed by atoms with Gasteiger partial charge in [-0.25, -0.2) is 0 Å². The summed E-state index contributed by atoms with van der Waals surface area (Å²) in [5, 5.41) is 15.7. The number of nitrogen functional groups attached to an aromatic ring is 1. The van der Waals surface area contributed by atoms with E-state index in [4.69, 9.17) is 16.2 Å². The molecule has 0 unspecified atom stereocenters. The maximum absolute atomic E-state index is 10.3. The van der Waals surface area contributed by atoms with Crippen molar-refractivity contribution < 1.29 is 9.90 Å². The van der Waals surface area contributed by atoms with Crippen LogP contribution in [0.2, 0.25) is 0 Å². The second-order valence-corrected chi connectivity index (χ2v) is 3.12. The van der Waals surface area contributed by atoms with Gasteiger partial charge in [0.2, 0.25) is 0 Å². The lowest BCUT2D eigenvalue weighted by atomic mass is 10.2. The first-order chi connectivity index (χ1) is 7.58. The number of hydrogen-bond donors (Lipinski definition) is 3. The van der Waals surface area contributed by atoms with Gasteiger partial charge in [-0.3, -0.25) is 4.79 Å². The standard InChI is InChI=1S/C6H7NO.C6H5NO.CH4/c2*7-5-1-3-6(8)4-2-5;/h1-4,8H,7H2;1-4,7H;1H4. The molecule has 4 heteroatoms. The van der Waals surface area contributed by atoms with Gasteiger partial charge in [0.1, 0.15) is 5.75 Å². The first-order valence-electron chi connectivity index (χ1n) is 4.61. The van der Waals surface area contributed by atoms with Gasteiger partial charge >= 0.3 is 0 Å². The van der Waals surface area contributed by atoms with Crippen LogP contribution in [-0.4, -0.2) is 16.6 Å². The van der Waals surface area contributed by atoms with Gasteiger partial charge in [0.05, 0.1) is 5.71 Å². The number of nitrogens with one attached hydrogen (secondary N) is 1. The zero-order valence-corrected chi connectivity index (χ0v) is 8.55. The molecule has 0 saturated heterocycles. The summed E-state index contributed by atoms with van der Waals surface area (Å²) in [6, 6.07) is 6.40. The van der Waals surface area contributed by atoms with E-state index in [2.05, 4.69) is 0 Å². The summed E-state index contributed by atoms with van der Waals surface area (Å²) in [4.78, 5) is 10.3. The van der Waals surface area contributed by atoms with Crippen LogP contribution in [0.5, 0.6) is 5.75 Å². The van der Waals surface area contributed by atoms with E-state index in [9.17, 15) is 4.79 Å². The van der Waals surface area contributed by atoms with Gasteiger partial charge in [-0.2, -0.15) is 0 Å². The van der Waals surface area contributed by atoms with Gasteiger partial charge < -0.3 is 16.2 Å². The van der Waals surface area contributed by atoms with Crippen LogP contribution in [-0.2, 0) is 4.79 Å². The number of carbonyl (C=O) groups is 1. The Morgan fingerprint density at radius 1 is 1.00 bits per heavy atom. The number of hydrogen-bond acceptors (Lipinski definition) is 4. The monoisotopic (exact) mass is 232 g/mol. The number of rotatable bonds is 0. The van der Waals surface area contributed by atoms with Gasteiger partial charge in [0.25, 0.3) is 0 Å². The molecule has 0 aromatic heterocycles. The highest BCUT2D eigenvalue weighted by Crippen LogP contribution is 2.09. The van der Waals surface area contributed by atoms with Crippen molar-refractivity contribution in [2.45, 2.75) is 7.43 Å². The molecule has 1 aromatic carbocycles. The number of anilines is 1. The third kappa shape index (κ3) is 5.94. The maximum atomic E-state index is 10.3. The van der Waals surface area contributed by atoms with Gasteiger partial charge in [-0.05, 0) is 48.6 Å². The Morgan fingerprint density at radius 3 is 1.82 bits per heavy atom. The van der Waals surface area contributed by atoms with Gasteiger partial charge in [0.15, 0.2) is 5.78 Å². The highest BCUT2D eigenvalue weighted by molar-refractivity contribution is 6.15. The van der Waals surface area contributed by atoms with E-state index in [0.717, 1.165) is 0 Å². The molecule has 0 heterocycles. The lowest BCUT2D eigenvalue weighted by Gasteiger charge is -1.90. The molecule has 0 atom stereocenters. The zero-order chi connectivity index (χ0) is 12.0. The van der Waals surface area contributed by atoms with E-state index >= 15 is 0 Å². The number of phenolic OH excluding ortho intramolecular Hbond substituents is 1. The van der Waals surface area contributed by atoms with Gasteiger partial charge in [-0.15, -0.1) is 0 Å². The smallest absolute Gasteiger partial charge is 0.178 e. The highest BCUT2D eigenvalue weighted by Gasteiger charge is 1.94. The Morgan fingerprint density at radius 2 is 1.47 bits per heavy atom. The molecule has 0 amide bonds. The van der Waals surface area contributed by atoms with E-state index in [1.165, 1.54) is 24.3 Å². The molecular formula is C13H16N2O2. The Kier molecular flexibility index (Phi) is 6.03. The third-order valence-electron chi connectivity index (χ3n) is 1.75. The Balaban J connectivity index is 0.000000284. The molecule has 17 heavy (non-hydrogen) atoms. The minimum absolute atomic E-state index is 0. The Labute approximate surface area is 101 Å². The fraction of sp³-hybridized carbons (Fsp3) is 0.0769. The topological polar surface area (TPSA) is 87.2 Å². The quantitative estimate of drug-likeness (QED) is 0.364. The summed E-state index contributed by atoms with van der Waals surface area (Å²) in [6.45, 7) is 0. The second kappa shape index (κ2) is 7.00. The van der Waals surface area contributed by atoms with Crippen LogP contribution in [0.3, 0.4) is 0 Å². The predicted octanol–water partition coefficient (Wildman–Crippen LogP) is 2.31. The van der Waals surface area contributed by atoms with Crippen LogP contribution >= 0.6 is 0 Å². The summed E-state index contributed by atoms with van der Waals surface area (Å²) in [6.07, 6.45) is 5.70. The summed E-state index contributed by atoms with van der Waals surface area (Å²) < 4.78 is 0. The van der Waals surface area contributed by atoms with Crippen LogP contribution in [0, 0.1) is 5.41 Å². The minimum atomic E-state index is -0.0407. The molecule has 0 saturated carbocycles. The van der Waals surface area contributed by atoms with E-state index in [1.807, 2.05) is 0 Å². The molecule has 90 valence electrons. The van der Waals surface area contributed by atoms with E-state index in [-0.39, 0.29) is 19.0 Å². The molecule has 0 radical (unpaired) electrons. The van der Waals surface area contributed by atoms with Crippen molar-refractivity contribution in [1.29, 1.82) is 5.41 Å². The summed E-state index contributed by atoms with van der Waals surface area (Å²) in [5.74, 6) is 0.209. The van der Waals surface area contributed by atoms with E-state index in [1.54, 1.807) is 24.3 Å². The molecule has 0 bridgehead atoms. The molecule has 4 nitrogen and oxygen atoms in total. The number of carbonyl (C=O) groups excluding carboxylic acids is 1. The zero-order valence-electron chi connectivity index (χ0n) is 8.55. The number of aromatic hydroxyl groups is 1. The minimum Gasteiger partial charge on any atom is -0.508 e. The van der Waals surface area contributed by atoms with Crippen molar-refractivity contribution in [1.82, 2.24) is 0 Å². The number of benzene rings is 1. The summed E-state index contributed by atoms with van der Waals surface area (Å²) >= 11 is 0. The fourth-order valence-electron chi connectivity index (χ4n) is 0.929. The molecule has 0 fully saturated rings. The largest absolute Gasteiger partial charge is 0.508 e. The van der Waals surface area contributed by atoms with Crippen molar-refractivity contribution >= 4 is 17.2 Å². The van der Waals surface area contributed by atoms with Crippen LogP contribution in [0.4, 0.5) is 5.69 Å². The molecular weight excluding hydrogens is 216 g/mol. The lowest BCUT2D eigenvalue weighted by molar-refractivity contribution is -0.110. The molecule has 0 aliphatic heterocycles. The third-order valence-corrected chi connectivity index (χ3v) is 1.75. The molecule has 1 aromatic rings. The number of ketones is 1. The highest BCUT2D eigenvalue weighted by atomic mass is 16.3. The van der Waals surface area contributed by atoms with Gasteiger partial charge in [-0.1, -0.05) is 7.43 Å². The van der Waals surface area contributed by atoms with E-state index in [0.29, 0.717) is 11.4 Å². The molecule has 1 aliphatic rings. The lowest BCUT2D eigenvalue weighted by Crippen LogP contribution is -1.96. The summed E-state index contributed by atoms with van der Waals surface area (Å²) in [5.41, 5.74) is 6.36. The number of nitrogens with two attached hydrogens (primary N) is 1. The van der Waals surface area contributed by atoms with Crippen molar-refractivity contribution in [3.8, 4) is 5.75 Å². The average molecular weight is 232 g/mol. The van der Waals surface area contributed by atoms with Gasteiger partial charge in [0, 0.05) is 5.69 Å². The van der Waals surface area contributed by atoms with Crippen molar-refractivity contribution in [3.63, 3.8) is 0 Å². The summed E-state index contributed by atoms with van der Waals surface area (Å²) in [7, 11) is 0. The maximum Gasteiger partial charge on any atom is 0.178 e. The molecule has 2 rings (SSSR count). The van der Waals surface area contributed by atoms with Crippen LogP contribution < -0.4 is 5.73 Å². The first-order valence-corrected chi connectivity index (χ1v) is 4.61. The van der Waals surface area contributed by atoms with Crippen molar-refractivity contribution in [2.24, 2.45) is 0 Å². The van der Waals surface area contributed by atoms with Crippen LogP contribution in [0.15, 0.2) is 48.6 Å². The predicted molar refractivity (Wildman–Crippen MR) is 70.3 cm³/mol. The number of phenols is 1. The first kappa shape index (κ1) is 14.6. The molecule has 0 spiro atoms. The van der Waals surface area contributed by atoms with Crippen molar-refractivity contribution in [2.75, 3.05) is 5.73 Å². The van der Waals surface area contributed by atoms with Crippen LogP contribution in [0.25, 0.3) is 0 Å². The normalized spacial score (nSPS) is 12.5. The molecule has 4 N–H and O–H groups in total. The Hall–Kier alpha value is -2.36. The SMILES string of the molecule is C.N=C1C=CC(=O)C=C1.Nc1ccc(O)cc1. The fourth-order valence-corrected chi connectivity index (χ4v) is 0.929. The van der Waals surface area contributed by atoms with Crippen LogP contribution in [0.1, 0.15) is 7.43 Å². The Bertz CT molecular complexity index is 386.